The molecular weight excluding hydrogens is 466 g/mol. The van der Waals surface area contributed by atoms with E-state index >= 15 is 0 Å². The Bertz CT molecular complexity index is 1180. The topological polar surface area (TPSA) is 81.9 Å². The molecule has 1 aliphatic carbocycles. The first-order valence-corrected chi connectivity index (χ1v) is 13.8. The van der Waals surface area contributed by atoms with Crippen molar-refractivity contribution in [3.8, 4) is 0 Å². The lowest BCUT2D eigenvalue weighted by Crippen LogP contribution is -2.54. The molecule has 1 N–H and O–H groups in total. The number of aryl methyl sites for hydroxylation is 1. The Morgan fingerprint density at radius 3 is 2.51 bits per heavy atom. The Morgan fingerprint density at radius 1 is 1.05 bits per heavy atom. The molecule has 5 rings (SSSR count). The number of rotatable bonds is 4. The molecule has 1 unspecified atom stereocenters. The maximum absolute atomic E-state index is 13.7. The highest BCUT2D eigenvalue weighted by Gasteiger charge is 2.40. The number of aliphatic hydroxyl groups excluding tert-OH is 1. The number of hydrogen-bond acceptors (Lipinski definition) is 5. The number of piperidine rings is 1. The fraction of sp³-hybridized carbons (Fsp3) is 0.621. The van der Waals surface area contributed by atoms with Crippen LogP contribution in [0.15, 0.2) is 18.2 Å². The van der Waals surface area contributed by atoms with Gasteiger partial charge in [0.15, 0.2) is 5.69 Å². The van der Waals surface area contributed by atoms with Crippen LogP contribution in [0, 0.1) is 13.8 Å². The van der Waals surface area contributed by atoms with Crippen molar-refractivity contribution < 1.29 is 14.7 Å². The highest BCUT2D eigenvalue weighted by molar-refractivity contribution is 5.95. The second-order valence-corrected chi connectivity index (χ2v) is 11.6. The molecule has 200 valence electrons. The van der Waals surface area contributed by atoms with E-state index in [4.69, 9.17) is 5.10 Å². The number of nitrogens with zero attached hydrogens (tertiary/aromatic N) is 5. The van der Waals surface area contributed by atoms with Gasteiger partial charge in [-0.25, -0.2) is 0 Å². The van der Waals surface area contributed by atoms with Crippen LogP contribution in [-0.4, -0.2) is 80.9 Å². The van der Waals surface area contributed by atoms with E-state index in [9.17, 15) is 14.7 Å². The maximum Gasteiger partial charge on any atom is 0.275 e. The van der Waals surface area contributed by atoms with E-state index in [2.05, 4.69) is 36.9 Å². The van der Waals surface area contributed by atoms with Gasteiger partial charge in [-0.3, -0.25) is 14.3 Å². The fourth-order valence-corrected chi connectivity index (χ4v) is 6.35. The summed E-state index contributed by atoms with van der Waals surface area (Å²) in [7, 11) is 0. The molecule has 37 heavy (non-hydrogen) atoms. The Kier molecular flexibility index (Phi) is 7.05. The van der Waals surface area contributed by atoms with Crippen LogP contribution < -0.4 is 4.90 Å². The standard InChI is InChI=1S/C29H41N5O3/c1-20-8-7-11-24(21(20)2)31-14-16-32(17-15-31)26(36)19-34-25-10-6-5-9-23(25)27(30-34)28(37)33-13-12-22(35)18-29(33,3)4/h7-8,11,22,35H,5-6,9-10,12-19H2,1-4H3. The van der Waals surface area contributed by atoms with E-state index in [0.717, 1.165) is 50.0 Å². The zero-order valence-electron chi connectivity index (χ0n) is 22.8. The molecule has 3 aliphatic rings. The molecule has 2 amide bonds. The predicted molar refractivity (Wildman–Crippen MR) is 144 cm³/mol. The summed E-state index contributed by atoms with van der Waals surface area (Å²) in [6.45, 7) is 12.0. The molecule has 0 saturated carbocycles. The number of piperazine rings is 1. The Balaban J connectivity index is 1.30. The zero-order valence-corrected chi connectivity index (χ0v) is 22.8. The van der Waals surface area contributed by atoms with Crippen molar-refractivity contribution in [3.63, 3.8) is 0 Å². The van der Waals surface area contributed by atoms with E-state index in [1.165, 1.54) is 16.8 Å². The van der Waals surface area contributed by atoms with Crippen LogP contribution in [0.4, 0.5) is 5.69 Å². The molecule has 2 saturated heterocycles. The van der Waals surface area contributed by atoms with E-state index in [1.54, 1.807) is 0 Å². The van der Waals surface area contributed by atoms with Crippen molar-refractivity contribution in [3.05, 3.63) is 46.3 Å². The SMILES string of the molecule is Cc1cccc(N2CCN(C(=O)Cn3nc(C(=O)N4CCC(O)CC4(C)C)c4c3CCCC4)CC2)c1C. The van der Waals surface area contributed by atoms with Crippen LogP contribution in [0.5, 0.6) is 0 Å². The number of benzene rings is 1. The van der Waals surface area contributed by atoms with Crippen molar-refractivity contribution in [2.24, 2.45) is 0 Å². The monoisotopic (exact) mass is 507 g/mol. The number of likely N-dealkylation sites (tertiary alicyclic amines) is 1. The number of anilines is 1. The lowest BCUT2D eigenvalue weighted by molar-refractivity contribution is -0.132. The third-order valence-corrected chi connectivity index (χ3v) is 8.69. The summed E-state index contributed by atoms with van der Waals surface area (Å²) >= 11 is 0. The summed E-state index contributed by atoms with van der Waals surface area (Å²) in [6.07, 6.45) is 4.55. The summed E-state index contributed by atoms with van der Waals surface area (Å²) in [5.41, 5.74) is 5.99. The van der Waals surface area contributed by atoms with Gasteiger partial charge >= 0.3 is 0 Å². The van der Waals surface area contributed by atoms with E-state index < -0.39 is 5.54 Å². The first-order chi connectivity index (χ1) is 17.7. The second kappa shape index (κ2) is 10.1. The van der Waals surface area contributed by atoms with Gasteiger partial charge < -0.3 is 19.8 Å². The van der Waals surface area contributed by atoms with Gasteiger partial charge in [-0.15, -0.1) is 0 Å². The van der Waals surface area contributed by atoms with Gasteiger partial charge in [-0.05, 0) is 83.4 Å². The zero-order chi connectivity index (χ0) is 26.3. The molecule has 0 radical (unpaired) electrons. The van der Waals surface area contributed by atoms with Crippen LogP contribution in [0.3, 0.4) is 0 Å². The molecule has 0 bridgehead atoms. The average molecular weight is 508 g/mol. The summed E-state index contributed by atoms with van der Waals surface area (Å²) in [6, 6.07) is 6.40. The number of amides is 2. The number of hydrogen-bond donors (Lipinski definition) is 1. The van der Waals surface area contributed by atoms with Crippen LogP contribution in [0.1, 0.15) is 72.4 Å². The van der Waals surface area contributed by atoms with Crippen molar-refractivity contribution >= 4 is 17.5 Å². The molecule has 1 aromatic carbocycles. The van der Waals surface area contributed by atoms with Crippen molar-refractivity contribution in [1.29, 1.82) is 0 Å². The number of aromatic nitrogens is 2. The molecule has 2 fully saturated rings. The third kappa shape index (κ3) is 5.00. The van der Waals surface area contributed by atoms with Gasteiger partial charge in [-0.2, -0.15) is 5.10 Å². The number of carbonyl (C=O) groups excluding carboxylic acids is 2. The van der Waals surface area contributed by atoms with Crippen LogP contribution in [-0.2, 0) is 24.2 Å². The van der Waals surface area contributed by atoms with Crippen LogP contribution in [0.2, 0.25) is 0 Å². The van der Waals surface area contributed by atoms with Gasteiger partial charge in [0, 0.05) is 55.2 Å². The van der Waals surface area contributed by atoms with Crippen molar-refractivity contribution in [2.45, 2.75) is 84.4 Å². The maximum atomic E-state index is 13.7. The van der Waals surface area contributed by atoms with E-state index in [-0.39, 0.29) is 24.5 Å². The molecule has 3 heterocycles. The lowest BCUT2D eigenvalue weighted by Gasteiger charge is -2.44. The summed E-state index contributed by atoms with van der Waals surface area (Å²) in [5, 5.41) is 14.9. The van der Waals surface area contributed by atoms with Gasteiger partial charge in [0.05, 0.1) is 6.10 Å². The van der Waals surface area contributed by atoms with E-state index in [0.29, 0.717) is 38.2 Å². The van der Waals surface area contributed by atoms with Crippen molar-refractivity contribution in [1.82, 2.24) is 19.6 Å². The number of carbonyl (C=O) groups is 2. The Hall–Kier alpha value is -2.87. The van der Waals surface area contributed by atoms with Gasteiger partial charge in [0.2, 0.25) is 5.91 Å². The predicted octanol–water partition coefficient (Wildman–Crippen LogP) is 3.10. The van der Waals surface area contributed by atoms with Gasteiger partial charge in [0.1, 0.15) is 6.54 Å². The fourth-order valence-electron chi connectivity index (χ4n) is 6.35. The minimum absolute atomic E-state index is 0.0663. The molecular formula is C29H41N5O3. The quantitative estimate of drug-likeness (QED) is 0.688. The normalized spacial score (nSPS) is 21.6. The van der Waals surface area contributed by atoms with Gasteiger partial charge in [0.25, 0.3) is 5.91 Å². The smallest absolute Gasteiger partial charge is 0.275 e. The highest BCUT2D eigenvalue weighted by atomic mass is 16.3. The molecule has 8 heteroatoms. The Labute approximate surface area is 220 Å². The van der Waals surface area contributed by atoms with E-state index in [1.807, 2.05) is 28.3 Å². The number of aliphatic hydroxyl groups is 1. The van der Waals surface area contributed by atoms with Crippen LogP contribution >= 0.6 is 0 Å². The highest BCUT2D eigenvalue weighted by Crippen LogP contribution is 2.32. The first kappa shape index (κ1) is 25.8. The van der Waals surface area contributed by atoms with Crippen LogP contribution in [0.25, 0.3) is 0 Å². The summed E-state index contributed by atoms with van der Waals surface area (Å²) in [4.78, 5) is 33.2. The third-order valence-electron chi connectivity index (χ3n) is 8.69. The molecule has 2 aromatic rings. The van der Waals surface area contributed by atoms with Crippen molar-refractivity contribution in [2.75, 3.05) is 37.6 Å². The number of fused-ring (bicyclic) bond motifs is 1. The molecule has 8 nitrogen and oxygen atoms in total. The molecule has 0 spiro atoms. The lowest BCUT2D eigenvalue weighted by atomic mass is 9.87. The largest absolute Gasteiger partial charge is 0.393 e. The molecule has 2 aliphatic heterocycles. The Morgan fingerprint density at radius 2 is 1.78 bits per heavy atom. The van der Waals surface area contributed by atoms with Gasteiger partial charge in [-0.1, -0.05) is 12.1 Å². The summed E-state index contributed by atoms with van der Waals surface area (Å²) in [5.74, 6) is 0.000277. The minimum Gasteiger partial charge on any atom is -0.393 e. The molecule has 1 aromatic heterocycles. The minimum atomic E-state index is -0.425. The summed E-state index contributed by atoms with van der Waals surface area (Å²) < 4.78 is 1.81. The second-order valence-electron chi connectivity index (χ2n) is 11.6. The first-order valence-electron chi connectivity index (χ1n) is 13.8. The molecule has 1 atom stereocenters. The average Bonchev–Trinajstić information content (AvgIpc) is 3.23.